The van der Waals surface area contributed by atoms with Gasteiger partial charge in [-0.15, -0.1) is 0 Å². The summed E-state index contributed by atoms with van der Waals surface area (Å²) in [4.78, 5) is 20.1. The first-order valence-electron chi connectivity index (χ1n) is 10.8. The van der Waals surface area contributed by atoms with Crippen LogP contribution in [-0.4, -0.2) is 33.9 Å². The summed E-state index contributed by atoms with van der Waals surface area (Å²) in [7, 11) is -2.57. The van der Waals surface area contributed by atoms with E-state index in [2.05, 4.69) is 15.1 Å². The van der Waals surface area contributed by atoms with Gasteiger partial charge < -0.3 is 4.98 Å². The van der Waals surface area contributed by atoms with Gasteiger partial charge in [-0.3, -0.25) is 14.2 Å². The molecular weight excluding hydrogens is 507 g/mol. The molecule has 3 heterocycles. The molecule has 0 aliphatic heterocycles. The van der Waals surface area contributed by atoms with Crippen LogP contribution >= 0.6 is 0 Å². The van der Waals surface area contributed by atoms with Crippen LogP contribution in [0.2, 0.25) is 0 Å². The molecule has 0 radical (unpaired) electrons. The van der Waals surface area contributed by atoms with Gasteiger partial charge >= 0.3 is 0 Å². The van der Waals surface area contributed by atoms with Crippen molar-refractivity contribution in [2.75, 3.05) is 4.72 Å². The number of carbonyl (C=O) groups excluding carboxylic acids is 1. The van der Waals surface area contributed by atoms with Crippen molar-refractivity contribution in [3.8, 4) is 11.1 Å². The molecule has 0 aliphatic rings. The Hall–Kier alpha value is -4.45. The third kappa shape index (κ3) is 4.47. The number of fused-ring (bicyclic) bond motifs is 1. The van der Waals surface area contributed by atoms with E-state index >= 15 is 4.39 Å². The molecule has 5 rings (SSSR count). The second-order valence-corrected chi connectivity index (χ2v) is 9.90. The quantitative estimate of drug-likeness (QED) is 0.298. The van der Waals surface area contributed by atoms with Gasteiger partial charge in [-0.1, -0.05) is 12.1 Å². The highest BCUT2D eigenvalue weighted by Gasteiger charge is 2.26. The Kier molecular flexibility index (Phi) is 6.04. The number of carbonyl (C=O) groups is 1. The van der Waals surface area contributed by atoms with Gasteiger partial charge in [0.2, 0.25) is 5.78 Å². The van der Waals surface area contributed by atoms with E-state index in [0.29, 0.717) is 16.6 Å². The third-order valence-electron chi connectivity index (χ3n) is 5.76. The fourth-order valence-corrected chi connectivity index (χ4v) is 4.91. The Labute approximate surface area is 208 Å². The van der Waals surface area contributed by atoms with Crippen LogP contribution in [0.25, 0.3) is 22.2 Å². The number of pyridine rings is 1. The molecule has 2 N–H and O–H groups in total. The maximum atomic E-state index is 15.4. The highest BCUT2D eigenvalue weighted by Crippen LogP contribution is 2.30. The largest absolute Gasteiger partial charge is 0.345 e. The van der Waals surface area contributed by atoms with Crippen LogP contribution in [0, 0.1) is 11.6 Å². The van der Waals surface area contributed by atoms with E-state index in [0.717, 1.165) is 29.8 Å². The average molecular weight is 526 g/mol. The summed E-state index contributed by atoms with van der Waals surface area (Å²) in [6, 6.07) is 8.19. The SMILES string of the molecule is Cn1cc(-c2cnc3[nH]cc(C(=O)c4c(F)ccc(NS(=O)(=O)c5ccc(CF)cc5)c4F)c3c2)cn1. The van der Waals surface area contributed by atoms with E-state index in [-0.39, 0.29) is 16.0 Å². The molecule has 188 valence electrons. The van der Waals surface area contributed by atoms with Gasteiger partial charge in [0.05, 0.1) is 22.3 Å². The van der Waals surface area contributed by atoms with Crippen molar-refractivity contribution in [3.63, 3.8) is 0 Å². The van der Waals surface area contributed by atoms with E-state index in [9.17, 15) is 22.0 Å². The van der Waals surface area contributed by atoms with Crippen LogP contribution in [0.3, 0.4) is 0 Å². The predicted molar refractivity (Wildman–Crippen MR) is 130 cm³/mol. The van der Waals surface area contributed by atoms with Gasteiger partial charge in [0.15, 0.2) is 5.82 Å². The first-order chi connectivity index (χ1) is 17.7. The van der Waals surface area contributed by atoms with Gasteiger partial charge in [0.25, 0.3) is 10.0 Å². The number of hydrogen-bond acceptors (Lipinski definition) is 5. The molecule has 5 aromatic rings. The van der Waals surface area contributed by atoms with Crippen LogP contribution in [0.4, 0.5) is 18.9 Å². The number of alkyl halides is 1. The minimum atomic E-state index is -4.31. The van der Waals surface area contributed by atoms with Gasteiger partial charge in [0.1, 0.15) is 18.1 Å². The number of sulfonamides is 1. The number of aromatic nitrogens is 4. The van der Waals surface area contributed by atoms with Crippen molar-refractivity contribution in [2.45, 2.75) is 11.6 Å². The van der Waals surface area contributed by atoms with Gasteiger partial charge in [-0.25, -0.2) is 26.6 Å². The first-order valence-corrected chi connectivity index (χ1v) is 12.3. The average Bonchev–Trinajstić information content (AvgIpc) is 3.51. The van der Waals surface area contributed by atoms with Gasteiger partial charge in [0, 0.05) is 47.7 Å². The summed E-state index contributed by atoms with van der Waals surface area (Å²) in [6.07, 6.45) is 6.21. The fraction of sp³-hybridized carbons (Fsp3) is 0.0800. The molecule has 0 bridgehead atoms. The molecule has 3 aromatic heterocycles. The molecule has 2 aromatic carbocycles. The molecule has 0 aliphatic carbocycles. The molecule has 0 unspecified atom stereocenters. The molecule has 0 atom stereocenters. The zero-order valence-electron chi connectivity index (χ0n) is 19.2. The van der Waals surface area contributed by atoms with Crippen molar-refractivity contribution in [2.24, 2.45) is 7.05 Å². The smallest absolute Gasteiger partial charge is 0.261 e. The molecule has 0 spiro atoms. The molecule has 0 saturated heterocycles. The summed E-state index contributed by atoms with van der Waals surface area (Å²) in [5.41, 5.74) is 0.354. The minimum Gasteiger partial charge on any atom is -0.345 e. The minimum absolute atomic E-state index is 0.0483. The second kappa shape index (κ2) is 9.21. The van der Waals surface area contributed by atoms with E-state index in [1.807, 2.05) is 4.72 Å². The number of nitrogens with one attached hydrogen (secondary N) is 2. The van der Waals surface area contributed by atoms with Crippen LogP contribution in [-0.2, 0) is 23.7 Å². The van der Waals surface area contributed by atoms with Gasteiger partial charge in [-0.05, 0) is 35.9 Å². The van der Waals surface area contributed by atoms with Crippen LogP contribution in [0.5, 0.6) is 0 Å². The van der Waals surface area contributed by atoms with E-state index in [4.69, 9.17) is 0 Å². The van der Waals surface area contributed by atoms with Crippen LogP contribution < -0.4 is 4.72 Å². The second-order valence-electron chi connectivity index (χ2n) is 8.22. The maximum absolute atomic E-state index is 15.4. The summed E-state index contributed by atoms with van der Waals surface area (Å²) in [5, 5.41) is 4.42. The highest BCUT2D eigenvalue weighted by molar-refractivity contribution is 7.92. The Bertz CT molecular complexity index is 1760. The number of halogens is 3. The standard InChI is InChI=1S/C25H18F3N5O3S/c1-33-13-16(11-31-33)15-8-18-19(12-30-25(18)29-10-15)24(34)22-20(27)6-7-21(23(22)28)32-37(35,36)17-4-2-14(9-26)3-5-17/h2-8,10-13,32H,9H2,1H3,(H,29,30). The number of hydrogen-bond donors (Lipinski definition) is 2. The number of H-pyrrole nitrogens is 1. The van der Waals surface area contributed by atoms with Crippen molar-refractivity contribution >= 4 is 32.5 Å². The lowest BCUT2D eigenvalue weighted by Crippen LogP contribution is -2.16. The number of aryl methyl sites for hydroxylation is 1. The Morgan fingerprint density at radius 3 is 2.51 bits per heavy atom. The Balaban J connectivity index is 1.53. The third-order valence-corrected chi connectivity index (χ3v) is 7.15. The van der Waals surface area contributed by atoms with Crippen LogP contribution in [0.15, 0.2) is 72.1 Å². The number of nitrogens with zero attached hydrogens (tertiary/aromatic N) is 3. The zero-order valence-corrected chi connectivity index (χ0v) is 20.0. The lowest BCUT2D eigenvalue weighted by molar-refractivity contribution is 0.103. The molecule has 0 saturated carbocycles. The van der Waals surface area contributed by atoms with Crippen molar-refractivity contribution < 1.29 is 26.4 Å². The zero-order chi connectivity index (χ0) is 26.3. The lowest BCUT2D eigenvalue weighted by atomic mass is 10.0. The number of benzene rings is 2. The van der Waals surface area contributed by atoms with E-state index in [1.54, 1.807) is 36.4 Å². The van der Waals surface area contributed by atoms with E-state index < -0.39 is 45.4 Å². The molecule has 8 nitrogen and oxygen atoms in total. The summed E-state index contributed by atoms with van der Waals surface area (Å²) in [6.45, 7) is -0.779. The molecule has 37 heavy (non-hydrogen) atoms. The molecular formula is C25H18F3N5O3S. The number of aromatic amines is 1. The van der Waals surface area contributed by atoms with Crippen molar-refractivity contribution in [1.82, 2.24) is 19.7 Å². The first kappa shape index (κ1) is 24.3. The monoisotopic (exact) mass is 525 g/mol. The summed E-state index contributed by atoms with van der Waals surface area (Å²) in [5.74, 6) is -3.54. The molecule has 0 amide bonds. The Morgan fingerprint density at radius 2 is 1.84 bits per heavy atom. The molecule has 12 heteroatoms. The summed E-state index contributed by atoms with van der Waals surface area (Å²) < 4.78 is 72.0. The summed E-state index contributed by atoms with van der Waals surface area (Å²) >= 11 is 0. The van der Waals surface area contributed by atoms with Gasteiger partial charge in [-0.2, -0.15) is 5.10 Å². The van der Waals surface area contributed by atoms with E-state index in [1.165, 1.54) is 18.3 Å². The predicted octanol–water partition coefficient (Wildman–Crippen LogP) is 4.74. The lowest BCUT2D eigenvalue weighted by Gasteiger charge is -2.12. The normalized spacial score (nSPS) is 11.7. The maximum Gasteiger partial charge on any atom is 0.261 e. The number of ketones is 1. The van der Waals surface area contributed by atoms with Crippen molar-refractivity contribution in [3.05, 3.63) is 95.6 Å². The Morgan fingerprint density at radius 1 is 1.08 bits per heavy atom. The highest BCUT2D eigenvalue weighted by atomic mass is 32.2. The van der Waals surface area contributed by atoms with Crippen molar-refractivity contribution in [1.29, 1.82) is 0 Å². The number of anilines is 1. The fourth-order valence-electron chi connectivity index (χ4n) is 3.85. The molecule has 0 fully saturated rings. The van der Waals surface area contributed by atoms with Crippen LogP contribution in [0.1, 0.15) is 21.5 Å². The number of rotatable bonds is 7. The topological polar surface area (TPSA) is 110 Å².